The molecule has 0 aliphatic carbocycles. The maximum Gasteiger partial charge on any atom is 0.405 e. The zero-order valence-corrected chi connectivity index (χ0v) is 23.0. The Morgan fingerprint density at radius 1 is 0.531 bits per heavy atom. The molecule has 0 rings (SSSR count). The Balaban J connectivity index is 4.16. The number of nitrogens with zero attached hydrogens (tertiary/aromatic N) is 1. The van der Waals surface area contributed by atoms with E-state index in [0.717, 1.165) is 44.9 Å². The third-order valence-electron chi connectivity index (χ3n) is 6.40. The van der Waals surface area contributed by atoms with Crippen molar-refractivity contribution in [2.24, 2.45) is 0 Å². The van der Waals surface area contributed by atoms with E-state index in [1.165, 1.54) is 89.9 Å². The van der Waals surface area contributed by atoms with Crippen molar-refractivity contribution in [1.82, 2.24) is 4.67 Å². The quantitative estimate of drug-likeness (QED) is 0.0999. The van der Waals surface area contributed by atoms with Crippen LogP contribution < -0.4 is 0 Å². The van der Waals surface area contributed by atoms with Crippen LogP contribution in [-0.4, -0.2) is 29.3 Å². The molecule has 32 heavy (non-hydrogen) atoms. The minimum Gasteiger partial charge on any atom is -0.312 e. The van der Waals surface area contributed by atoms with Gasteiger partial charge in [0, 0.05) is 13.1 Å². The molecule has 0 heterocycles. The van der Waals surface area contributed by atoms with Crippen molar-refractivity contribution >= 4 is 7.75 Å². The van der Waals surface area contributed by atoms with Crippen molar-refractivity contribution in [2.75, 3.05) is 19.7 Å². The fraction of sp³-hybridized carbons (Fsp3) is 1.00. The summed E-state index contributed by atoms with van der Waals surface area (Å²) in [6.45, 7) is 8.43. The Kier molecular flexibility index (Phi) is 24.3. The maximum atomic E-state index is 12.9. The molecule has 0 saturated heterocycles. The van der Waals surface area contributed by atoms with E-state index in [-0.39, 0.29) is 0 Å². The van der Waals surface area contributed by atoms with E-state index >= 15 is 0 Å². The topological polar surface area (TPSA) is 49.8 Å². The van der Waals surface area contributed by atoms with E-state index in [0.29, 0.717) is 19.7 Å². The smallest absolute Gasteiger partial charge is 0.312 e. The largest absolute Gasteiger partial charge is 0.405 e. The molecule has 0 saturated carbocycles. The standard InChI is InChI=1S/C27H58NO3P/c1-4-7-10-12-14-16-18-20-22-25-28(32(29,30)31-27-24-9-6-3)26-23-21-19-17-15-13-11-8-5-2/h4-27H2,1-3H3,(H,29,30). The van der Waals surface area contributed by atoms with E-state index < -0.39 is 7.75 Å². The minimum absolute atomic E-state index is 0.396. The molecule has 0 aromatic carbocycles. The normalized spacial score (nSPS) is 13.7. The van der Waals surface area contributed by atoms with Gasteiger partial charge >= 0.3 is 7.75 Å². The first kappa shape index (κ1) is 32.1. The minimum atomic E-state index is -3.66. The molecule has 0 aliphatic heterocycles. The van der Waals surface area contributed by atoms with Gasteiger partial charge in [0.25, 0.3) is 0 Å². The summed E-state index contributed by atoms with van der Waals surface area (Å²) >= 11 is 0. The molecule has 0 amide bonds. The van der Waals surface area contributed by atoms with E-state index in [9.17, 15) is 9.46 Å². The highest BCUT2D eigenvalue weighted by Gasteiger charge is 2.28. The zero-order valence-electron chi connectivity index (χ0n) is 22.1. The van der Waals surface area contributed by atoms with Crippen LogP contribution in [0.2, 0.25) is 0 Å². The van der Waals surface area contributed by atoms with Gasteiger partial charge in [0.2, 0.25) is 0 Å². The van der Waals surface area contributed by atoms with E-state index in [2.05, 4.69) is 20.8 Å². The van der Waals surface area contributed by atoms with Crippen LogP contribution in [0.1, 0.15) is 156 Å². The molecule has 1 N–H and O–H groups in total. The molecular formula is C27H58NO3P. The lowest BCUT2D eigenvalue weighted by Gasteiger charge is -2.26. The van der Waals surface area contributed by atoms with Crippen LogP contribution in [0, 0.1) is 0 Å². The molecule has 0 fully saturated rings. The van der Waals surface area contributed by atoms with Crippen LogP contribution in [0.4, 0.5) is 0 Å². The summed E-state index contributed by atoms with van der Waals surface area (Å²) in [6, 6.07) is 0. The van der Waals surface area contributed by atoms with Crippen LogP contribution in [0.25, 0.3) is 0 Å². The first-order chi connectivity index (χ1) is 15.6. The Hall–Kier alpha value is 0.110. The number of hydrogen-bond donors (Lipinski definition) is 1. The molecule has 4 nitrogen and oxygen atoms in total. The molecule has 0 aromatic heterocycles. The van der Waals surface area contributed by atoms with Crippen LogP contribution >= 0.6 is 7.75 Å². The fourth-order valence-electron chi connectivity index (χ4n) is 4.19. The number of hydrogen-bond acceptors (Lipinski definition) is 2. The van der Waals surface area contributed by atoms with Gasteiger partial charge in [-0.15, -0.1) is 0 Å². The van der Waals surface area contributed by atoms with Gasteiger partial charge in [0.05, 0.1) is 6.61 Å². The second-order valence-electron chi connectivity index (χ2n) is 9.64. The summed E-state index contributed by atoms with van der Waals surface area (Å²) in [5.74, 6) is 0. The molecule has 1 atom stereocenters. The lowest BCUT2D eigenvalue weighted by molar-refractivity contribution is 0.194. The summed E-state index contributed by atoms with van der Waals surface area (Å²) in [7, 11) is -3.66. The fourth-order valence-corrected chi connectivity index (χ4v) is 5.51. The Bertz CT molecular complexity index is 398. The zero-order chi connectivity index (χ0) is 23.8. The average molecular weight is 476 g/mol. The van der Waals surface area contributed by atoms with Gasteiger partial charge in [-0.2, -0.15) is 0 Å². The van der Waals surface area contributed by atoms with Crippen molar-refractivity contribution < 1.29 is 14.0 Å². The second-order valence-corrected chi connectivity index (χ2v) is 11.4. The van der Waals surface area contributed by atoms with Crippen molar-refractivity contribution in [1.29, 1.82) is 0 Å². The summed E-state index contributed by atoms with van der Waals surface area (Å²) in [5, 5.41) is 0. The molecule has 0 aromatic rings. The van der Waals surface area contributed by atoms with Gasteiger partial charge in [-0.3, -0.25) is 4.52 Å². The highest BCUT2D eigenvalue weighted by Crippen LogP contribution is 2.46. The highest BCUT2D eigenvalue weighted by atomic mass is 31.2. The molecule has 5 heteroatoms. The van der Waals surface area contributed by atoms with Gasteiger partial charge in [0.15, 0.2) is 0 Å². The van der Waals surface area contributed by atoms with Crippen molar-refractivity contribution in [2.45, 2.75) is 156 Å². The van der Waals surface area contributed by atoms with Crippen LogP contribution in [0.15, 0.2) is 0 Å². The first-order valence-corrected chi connectivity index (χ1v) is 15.8. The SMILES string of the molecule is CCCCCCCCCCCN(CCCCCCCCCCC)P(=O)(O)OCCCCC. The van der Waals surface area contributed by atoms with Gasteiger partial charge in [0.1, 0.15) is 0 Å². The third-order valence-corrected chi connectivity index (χ3v) is 8.04. The predicted octanol–water partition coefficient (Wildman–Crippen LogP) is 9.66. The summed E-state index contributed by atoms with van der Waals surface area (Å²) < 4.78 is 20.1. The number of rotatable bonds is 26. The van der Waals surface area contributed by atoms with Crippen molar-refractivity contribution in [3.05, 3.63) is 0 Å². The number of unbranched alkanes of at least 4 members (excludes halogenated alkanes) is 18. The molecule has 0 spiro atoms. The lowest BCUT2D eigenvalue weighted by atomic mass is 10.1. The Morgan fingerprint density at radius 3 is 1.22 bits per heavy atom. The van der Waals surface area contributed by atoms with Gasteiger partial charge in [-0.25, -0.2) is 9.24 Å². The van der Waals surface area contributed by atoms with Crippen molar-refractivity contribution in [3.63, 3.8) is 0 Å². The van der Waals surface area contributed by atoms with E-state index in [1.54, 1.807) is 4.67 Å². The predicted molar refractivity (Wildman–Crippen MR) is 141 cm³/mol. The van der Waals surface area contributed by atoms with E-state index in [1.807, 2.05) is 0 Å². The van der Waals surface area contributed by atoms with Gasteiger partial charge < -0.3 is 4.89 Å². The van der Waals surface area contributed by atoms with Crippen LogP contribution in [0.5, 0.6) is 0 Å². The molecule has 0 radical (unpaired) electrons. The Labute approximate surface area is 201 Å². The highest BCUT2D eigenvalue weighted by molar-refractivity contribution is 7.50. The monoisotopic (exact) mass is 475 g/mol. The molecule has 194 valence electrons. The second kappa shape index (κ2) is 24.2. The molecule has 1 unspecified atom stereocenters. The lowest BCUT2D eigenvalue weighted by Crippen LogP contribution is -2.24. The van der Waals surface area contributed by atoms with E-state index in [4.69, 9.17) is 4.52 Å². The summed E-state index contributed by atoms with van der Waals surface area (Å²) in [4.78, 5) is 10.6. The maximum absolute atomic E-state index is 12.9. The molecule has 0 bridgehead atoms. The van der Waals surface area contributed by atoms with Gasteiger partial charge in [-0.1, -0.05) is 136 Å². The Morgan fingerprint density at radius 2 is 0.844 bits per heavy atom. The van der Waals surface area contributed by atoms with Gasteiger partial charge in [-0.05, 0) is 19.3 Å². The average Bonchev–Trinajstić information content (AvgIpc) is 2.78. The molecular weight excluding hydrogens is 417 g/mol. The first-order valence-electron chi connectivity index (χ1n) is 14.3. The summed E-state index contributed by atoms with van der Waals surface area (Å²) in [6.07, 6.45) is 25.8. The summed E-state index contributed by atoms with van der Waals surface area (Å²) in [5.41, 5.74) is 0. The van der Waals surface area contributed by atoms with Crippen molar-refractivity contribution in [3.8, 4) is 0 Å². The van der Waals surface area contributed by atoms with Crippen LogP contribution in [-0.2, 0) is 9.09 Å². The third kappa shape index (κ3) is 20.7. The van der Waals surface area contributed by atoms with Crippen LogP contribution in [0.3, 0.4) is 0 Å². The molecule has 0 aliphatic rings.